The molecule has 118 valence electrons. The number of carbonyl (C=O) groups excluding carboxylic acids is 2. The smallest absolute Gasteiger partial charge is 0.261 e. The Balaban J connectivity index is 1.98. The maximum atomic E-state index is 12.4. The summed E-state index contributed by atoms with van der Waals surface area (Å²) in [6.07, 6.45) is -0.424. The summed E-state index contributed by atoms with van der Waals surface area (Å²) in [5.74, 6) is -1.10. The van der Waals surface area contributed by atoms with Gasteiger partial charge in [0.25, 0.3) is 5.91 Å². The van der Waals surface area contributed by atoms with Crippen LogP contribution in [0.25, 0.3) is 0 Å². The van der Waals surface area contributed by atoms with Crippen LogP contribution in [0.1, 0.15) is 22.3 Å². The van der Waals surface area contributed by atoms with Crippen molar-refractivity contribution in [1.82, 2.24) is 0 Å². The van der Waals surface area contributed by atoms with Crippen LogP contribution in [-0.4, -0.2) is 16.8 Å². The number of aliphatic hydroxyl groups is 1. The van der Waals surface area contributed by atoms with Crippen molar-refractivity contribution in [3.8, 4) is 0 Å². The fourth-order valence-electron chi connectivity index (χ4n) is 2.55. The van der Waals surface area contributed by atoms with E-state index in [1.165, 1.54) is 12.1 Å². The molecule has 1 aliphatic heterocycles. The summed E-state index contributed by atoms with van der Waals surface area (Å²) in [6.45, 7) is 0. The number of rotatable bonds is 3. The second kappa shape index (κ2) is 5.53. The number of halogens is 2. The van der Waals surface area contributed by atoms with Crippen LogP contribution in [0.4, 0.5) is 11.4 Å². The molecule has 0 bridgehead atoms. The Morgan fingerprint density at radius 3 is 2.52 bits per heavy atom. The average molecular weight is 351 g/mol. The molecule has 7 heteroatoms. The molecule has 0 unspecified atom stereocenters. The summed E-state index contributed by atoms with van der Waals surface area (Å²) in [5, 5.41) is 13.7. The zero-order chi connectivity index (χ0) is 16.8. The number of hydrogen-bond donors (Lipinski definition) is 3. The van der Waals surface area contributed by atoms with Crippen LogP contribution in [0.2, 0.25) is 10.0 Å². The fraction of sp³-hybridized carbons (Fsp3) is 0.125. The van der Waals surface area contributed by atoms with Crippen LogP contribution in [0.15, 0.2) is 36.4 Å². The first kappa shape index (κ1) is 15.8. The molecule has 0 saturated carbocycles. The van der Waals surface area contributed by atoms with E-state index >= 15 is 0 Å². The first-order chi connectivity index (χ1) is 10.8. The molecule has 5 nitrogen and oxygen atoms in total. The van der Waals surface area contributed by atoms with Gasteiger partial charge in [-0.25, -0.2) is 0 Å². The van der Waals surface area contributed by atoms with Gasteiger partial charge >= 0.3 is 0 Å². The molecule has 0 saturated heterocycles. The number of anilines is 2. The molecule has 2 aromatic rings. The number of carbonyl (C=O) groups is 2. The highest BCUT2D eigenvalue weighted by atomic mass is 35.5. The van der Waals surface area contributed by atoms with E-state index in [2.05, 4.69) is 5.32 Å². The minimum absolute atomic E-state index is 0.198. The molecule has 1 aliphatic rings. The lowest BCUT2D eigenvalue weighted by Gasteiger charge is -2.20. The van der Waals surface area contributed by atoms with Crippen molar-refractivity contribution in [1.29, 1.82) is 0 Å². The highest BCUT2D eigenvalue weighted by Gasteiger charge is 2.47. The van der Waals surface area contributed by atoms with Crippen LogP contribution in [0.5, 0.6) is 0 Å². The largest absolute Gasteiger partial charge is 0.399 e. The van der Waals surface area contributed by atoms with Gasteiger partial charge in [-0.05, 0) is 36.4 Å². The van der Waals surface area contributed by atoms with Crippen LogP contribution < -0.4 is 11.1 Å². The number of benzene rings is 2. The van der Waals surface area contributed by atoms with E-state index in [9.17, 15) is 14.7 Å². The first-order valence-corrected chi connectivity index (χ1v) is 7.49. The molecule has 3 rings (SSSR count). The van der Waals surface area contributed by atoms with E-state index in [1.54, 1.807) is 24.3 Å². The molecule has 1 heterocycles. The Bertz CT molecular complexity index is 821. The minimum atomic E-state index is -2.01. The average Bonchev–Trinajstić information content (AvgIpc) is 2.73. The Morgan fingerprint density at radius 1 is 1.22 bits per heavy atom. The second-order valence-electron chi connectivity index (χ2n) is 5.35. The summed E-state index contributed by atoms with van der Waals surface area (Å²) >= 11 is 12.0. The highest BCUT2D eigenvalue weighted by Crippen LogP contribution is 2.44. The van der Waals surface area contributed by atoms with Gasteiger partial charge in [0.1, 0.15) is 0 Å². The van der Waals surface area contributed by atoms with Crippen LogP contribution in [-0.2, 0) is 10.4 Å². The molecule has 1 amide bonds. The number of hydrogen-bond acceptors (Lipinski definition) is 4. The molecule has 23 heavy (non-hydrogen) atoms. The molecule has 0 radical (unpaired) electrons. The quantitative estimate of drug-likeness (QED) is 0.586. The van der Waals surface area contributed by atoms with E-state index in [0.29, 0.717) is 11.3 Å². The molecule has 2 aromatic carbocycles. The number of nitrogens with one attached hydrogen (secondary N) is 1. The Labute approximate surface area is 142 Å². The van der Waals surface area contributed by atoms with Crippen LogP contribution >= 0.6 is 23.2 Å². The van der Waals surface area contributed by atoms with Crippen molar-refractivity contribution in [2.45, 2.75) is 12.0 Å². The molecule has 4 N–H and O–H groups in total. The number of ketones is 1. The van der Waals surface area contributed by atoms with E-state index in [1.807, 2.05) is 0 Å². The maximum absolute atomic E-state index is 12.4. The van der Waals surface area contributed by atoms with Gasteiger partial charge in [0.05, 0.1) is 17.1 Å². The Morgan fingerprint density at radius 2 is 1.87 bits per heavy atom. The van der Waals surface area contributed by atoms with Crippen molar-refractivity contribution >= 4 is 46.3 Å². The summed E-state index contributed by atoms with van der Waals surface area (Å²) in [4.78, 5) is 24.6. The number of nitrogens with two attached hydrogens (primary N) is 1. The van der Waals surface area contributed by atoms with Crippen molar-refractivity contribution in [3.05, 3.63) is 57.6 Å². The topological polar surface area (TPSA) is 92.4 Å². The SMILES string of the molecule is Nc1ccc(C(=O)C[C@@]2(O)C(=O)Nc3c(Cl)cc(Cl)cc32)cc1. The third-order valence-corrected chi connectivity index (χ3v) is 4.28. The second-order valence-corrected chi connectivity index (χ2v) is 6.19. The summed E-state index contributed by atoms with van der Waals surface area (Å²) in [5.41, 5.74) is 4.90. The molecule has 0 aromatic heterocycles. The Hall–Kier alpha value is -2.08. The predicted octanol–water partition coefficient (Wildman–Crippen LogP) is 2.99. The van der Waals surface area contributed by atoms with E-state index in [-0.39, 0.29) is 21.3 Å². The van der Waals surface area contributed by atoms with Crippen molar-refractivity contribution in [3.63, 3.8) is 0 Å². The Kier molecular flexibility index (Phi) is 3.80. The van der Waals surface area contributed by atoms with E-state index < -0.39 is 23.7 Å². The third kappa shape index (κ3) is 2.67. The van der Waals surface area contributed by atoms with Gasteiger partial charge in [0, 0.05) is 21.8 Å². The van der Waals surface area contributed by atoms with E-state index in [0.717, 1.165) is 0 Å². The van der Waals surface area contributed by atoms with E-state index in [4.69, 9.17) is 28.9 Å². The monoisotopic (exact) mass is 350 g/mol. The number of nitrogen functional groups attached to an aromatic ring is 1. The fourth-order valence-corrected chi connectivity index (χ4v) is 3.09. The number of Topliss-reactive ketones (excluding diaryl/α,β-unsaturated/α-hetero) is 1. The predicted molar refractivity (Wildman–Crippen MR) is 88.8 cm³/mol. The van der Waals surface area contributed by atoms with Crippen LogP contribution in [0, 0.1) is 0 Å². The lowest BCUT2D eigenvalue weighted by atomic mass is 9.88. The minimum Gasteiger partial charge on any atom is -0.399 e. The van der Waals surface area contributed by atoms with Gasteiger partial charge in [-0.2, -0.15) is 0 Å². The van der Waals surface area contributed by atoms with Gasteiger partial charge < -0.3 is 16.2 Å². The van der Waals surface area contributed by atoms with Gasteiger partial charge in [0.15, 0.2) is 11.4 Å². The van der Waals surface area contributed by atoms with Gasteiger partial charge in [-0.1, -0.05) is 23.2 Å². The van der Waals surface area contributed by atoms with Crippen molar-refractivity contribution < 1.29 is 14.7 Å². The highest BCUT2D eigenvalue weighted by molar-refractivity contribution is 6.37. The zero-order valence-electron chi connectivity index (χ0n) is 11.8. The van der Waals surface area contributed by atoms with Gasteiger partial charge in [0.2, 0.25) is 0 Å². The number of fused-ring (bicyclic) bond motifs is 1. The molecule has 0 spiro atoms. The van der Waals surface area contributed by atoms with Crippen LogP contribution in [0.3, 0.4) is 0 Å². The summed E-state index contributed by atoms with van der Waals surface area (Å²) in [6, 6.07) is 9.12. The van der Waals surface area contributed by atoms with Crippen molar-refractivity contribution in [2.75, 3.05) is 11.1 Å². The maximum Gasteiger partial charge on any atom is 0.261 e. The summed E-state index contributed by atoms with van der Waals surface area (Å²) < 4.78 is 0. The molecule has 0 fully saturated rings. The molecule has 1 atom stereocenters. The standard InChI is InChI=1S/C16H12Cl2N2O3/c17-9-5-11-14(12(18)6-9)20-15(22)16(11,23)7-13(21)8-1-3-10(19)4-2-8/h1-6,23H,7,19H2,(H,20,22)/t16-/m0/s1. The van der Waals surface area contributed by atoms with Crippen molar-refractivity contribution in [2.24, 2.45) is 0 Å². The molecule has 0 aliphatic carbocycles. The molecular weight excluding hydrogens is 339 g/mol. The lowest BCUT2D eigenvalue weighted by Crippen LogP contribution is -2.36. The summed E-state index contributed by atoms with van der Waals surface area (Å²) in [7, 11) is 0. The van der Waals surface area contributed by atoms with Gasteiger partial charge in [-0.3, -0.25) is 9.59 Å². The normalized spacial score (nSPS) is 19.3. The third-order valence-electron chi connectivity index (χ3n) is 3.76. The van der Waals surface area contributed by atoms with Gasteiger partial charge in [-0.15, -0.1) is 0 Å². The first-order valence-electron chi connectivity index (χ1n) is 6.73. The molecular formula is C16H12Cl2N2O3. The number of amides is 1. The zero-order valence-corrected chi connectivity index (χ0v) is 13.3. The lowest BCUT2D eigenvalue weighted by molar-refractivity contribution is -0.133.